The van der Waals surface area contributed by atoms with Crippen LogP contribution in [-0.4, -0.2) is 44.8 Å². The first kappa shape index (κ1) is 8.05. The van der Waals surface area contributed by atoms with Crippen molar-refractivity contribution in [1.82, 2.24) is 5.32 Å². The lowest BCUT2D eigenvalue weighted by Gasteiger charge is -2.14. The van der Waals surface area contributed by atoms with Crippen molar-refractivity contribution in [3.05, 3.63) is 0 Å². The van der Waals surface area contributed by atoms with E-state index < -0.39 is 0 Å². The van der Waals surface area contributed by atoms with Gasteiger partial charge in [-0.15, -0.1) is 0 Å². The second-order valence-corrected chi connectivity index (χ2v) is 2.53. The maximum absolute atomic E-state index is 8.76. The summed E-state index contributed by atoms with van der Waals surface area (Å²) in [5.74, 6) is 0. The number of aliphatic hydroxyl groups is 1. The Labute approximate surface area is 62.2 Å². The van der Waals surface area contributed by atoms with Crippen molar-refractivity contribution in [1.29, 1.82) is 0 Å². The summed E-state index contributed by atoms with van der Waals surface area (Å²) in [7, 11) is 7.34. The minimum atomic E-state index is -0.213. The van der Waals surface area contributed by atoms with E-state index in [9.17, 15) is 0 Å². The van der Waals surface area contributed by atoms with Gasteiger partial charge in [-0.1, -0.05) is 0 Å². The molecule has 1 saturated heterocycles. The number of likely N-dealkylation sites (N-methyl/N-ethyl adjacent to an activating group) is 1. The summed E-state index contributed by atoms with van der Waals surface area (Å²) in [5, 5.41) is 11.8. The molecule has 1 aliphatic rings. The van der Waals surface area contributed by atoms with E-state index in [4.69, 9.17) is 17.7 Å². The van der Waals surface area contributed by atoms with Crippen LogP contribution in [0.5, 0.6) is 0 Å². The van der Waals surface area contributed by atoms with Crippen molar-refractivity contribution in [2.75, 3.05) is 13.7 Å². The molecule has 4 heteroatoms. The second kappa shape index (κ2) is 3.37. The molecule has 0 saturated carbocycles. The molecular weight excluding hydrogens is 129 g/mol. The molecule has 0 aromatic carbocycles. The van der Waals surface area contributed by atoms with Gasteiger partial charge in [0.2, 0.25) is 0 Å². The minimum absolute atomic E-state index is 0.0409. The van der Waals surface area contributed by atoms with Gasteiger partial charge < -0.3 is 15.2 Å². The zero-order valence-corrected chi connectivity index (χ0v) is 6.08. The fourth-order valence-corrected chi connectivity index (χ4v) is 1.25. The van der Waals surface area contributed by atoms with Crippen molar-refractivity contribution < 1.29 is 9.84 Å². The normalized spacial score (nSPS) is 40.4. The topological polar surface area (TPSA) is 41.5 Å². The van der Waals surface area contributed by atoms with Crippen molar-refractivity contribution in [3.8, 4) is 0 Å². The highest BCUT2D eigenvalue weighted by atomic mass is 16.5. The number of aliphatic hydroxyl groups excluding tert-OH is 1. The first-order valence-electron chi connectivity index (χ1n) is 3.47. The number of hydrogen-bond donors (Lipinski definition) is 2. The fourth-order valence-electron chi connectivity index (χ4n) is 1.25. The first-order chi connectivity index (χ1) is 4.77. The van der Waals surface area contributed by atoms with E-state index in [0.717, 1.165) is 6.42 Å². The fraction of sp³-hybridized carbons (Fsp3) is 1.00. The molecule has 0 amide bonds. The lowest BCUT2D eigenvalue weighted by molar-refractivity contribution is 0.0344. The highest BCUT2D eigenvalue weighted by molar-refractivity contribution is 6.11. The molecule has 56 valence electrons. The van der Waals surface area contributed by atoms with Crippen molar-refractivity contribution in [2.24, 2.45) is 0 Å². The van der Waals surface area contributed by atoms with Crippen LogP contribution in [0.4, 0.5) is 0 Å². The quantitative estimate of drug-likeness (QED) is 0.477. The van der Waals surface area contributed by atoms with Crippen LogP contribution >= 0.6 is 0 Å². The average molecular weight is 141 g/mol. The molecule has 3 atom stereocenters. The predicted octanol–water partition coefficient (Wildman–Crippen LogP) is -1.15. The zero-order chi connectivity index (χ0) is 7.56. The second-order valence-electron chi connectivity index (χ2n) is 2.53. The van der Waals surface area contributed by atoms with Crippen LogP contribution in [0.15, 0.2) is 0 Å². The molecule has 1 heterocycles. The summed E-state index contributed by atoms with van der Waals surface area (Å²) in [6.45, 7) is 0.0409. The highest BCUT2D eigenvalue weighted by Gasteiger charge is 2.30. The lowest BCUT2D eigenvalue weighted by Crippen LogP contribution is -2.35. The van der Waals surface area contributed by atoms with Crippen molar-refractivity contribution in [2.45, 2.75) is 24.6 Å². The van der Waals surface area contributed by atoms with E-state index in [-0.39, 0.29) is 24.8 Å². The van der Waals surface area contributed by atoms with Gasteiger partial charge in [0.15, 0.2) is 0 Å². The molecule has 2 radical (unpaired) electrons. The van der Waals surface area contributed by atoms with Crippen LogP contribution in [-0.2, 0) is 4.74 Å². The smallest absolute Gasteiger partial charge is 0.109 e. The third-order valence-electron chi connectivity index (χ3n) is 1.84. The Kier molecular flexibility index (Phi) is 2.71. The molecule has 2 N–H and O–H groups in total. The molecule has 1 rings (SSSR count). The van der Waals surface area contributed by atoms with Gasteiger partial charge in [0.05, 0.1) is 12.7 Å². The first-order valence-corrected chi connectivity index (χ1v) is 3.47. The van der Waals surface area contributed by atoms with Gasteiger partial charge in [-0.2, -0.15) is 0 Å². The summed E-state index contributed by atoms with van der Waals surface area (Å²) >= 11 is 0. The summed E-state index contributed by atoms with van der Waals surface area (Å²) in [5.41, 5.74) is 0. The van der Waals surface area contributed by atoms with Gasteiger partial charge >= 0.3 is 0 Å². The van der Waals surface area contributed by atoms with Crippen LogP contribution in [0.1, 0.15) is 6.42 Å². The summed E-state index contributed by atoms with van der Waals surface area (Å²) in [6.07, 6.45) is 0.654. The largest absolute Gasteiger partial charge is 0.394 e. The molecule has 0 aromatic heterocycles. The molecule has 10 heavy (non-hydrogen) atoms. The molecule has 0 spiro atoms. The molecule has 1 fully saturated rings. The van der Waals surface area contributed by atoms with Crippen molar-refractivity contribution >= 4 is 7.85 Å². The monoisotopic (exact) mass is 141 g/mol. The van der Waals surface area contributed by atoms with E-state index in [2.05, 4.69) is 5.32 Å². The SMILES string of the molecule is [B][C@H]1C[C@H](NC)[C@@H](CO)O1. The molecule has 0 unspecified atom stereocenters. The summed E-state index contributed by atoms with van der Waals surface area (Å²) < 4.78 is 5.18. The van der Waals surface area contributed by atoms with E-state index in [1.807, 2.05) is 7.05 Å². The molecule has 0 aliphatic carbocycles. The lowest BCUT2D eigenvalue weighted by atomic mass is 9.95. The number of nitrogens with one attached hydrogen (secondary N) is 1. The maximum atomic E-state index is 8.76. The molecule has 1 aliphatic heterocycles. The number of hydrogen-bond acceptors (Lipinski definition) is 3. The number of ether oxygens (including phenoxy) is 1. The van der Waals surface area contributed by atoms with E-state index in [1.54, 1.807) is 0 Å². The maximum Gasteiger partial charge on any atom is 0.109 e. The van der Waals surface area contributed by atoms with Crippen molar-refractivity contribution in [3.63, 3.8) is 0 Å². The van der Waals surface area contributed by atoms with Gasteiger partial charge in [-0.05, 0) is 13.5 Å². The van der Waals surface area contributed by atoms with Crippen LogP contribution in [0, 0.1) is 0 Å². The molecule has 3 nitrogen and oxygen atoms in total. The highest BCUT2D eigenvalue weighted by Crippen LogP contribution is 2.17. The third kappa shape index (κ3) is 1.51. The van der Waals surface area contributed by atoms with Gasteiger partial charge in [0.1, 0.15) is 7.85 Å². The van der Waals surface area contributed by atoms with Crippen LogP contribution in [0.2, 0.25) is 0 Å². The standard InChI is InChI=1S/C6H12BNO2/c1-8-4-2-6(7)10-5(4)3-9/h4-6,8-9H,2-3H2,1H3/t4-,5+,6+/m0/s1. The molecule has 0 bridgehead atoms. The van der Waals surface area contributed by atoms with Gasteiger partial charge in [-0.25, -0.2) is 0 Å². The van der Waals surface area contributed by atoms with E-state index in [0.29, 0.717) is 0 Å². The summed E-state index contributed by atoms with van der Waals surface area (Å²) in [6, 6.07) is -0.00500. The third-order valence-corrected chi connectivity index (χ3v) is 1.84. The average Bonchev–Trinajstić information content (AvgIpc) is 2.30. The Morgan fingerprint density at radius 3 is 2.90 bits per heavy atom. The Morgan fingerprint density at radius 1 is 1.80 bits per heavy atom. The molecular formula is C6H12BNO2. The Bertz CT molecular complexity index is 99.9. The molecule has 0 aromatic rings. The Hall–Kier alpha value is -0.0551. The van der Waals surface area contributed by atoms with Gasteiger partial charge in [0.25, 0.3) is 0 Å². The minimum Gasteiger partial charge on any atom is -0.394 e. The van der Waals surface area contributed by atoms with Crippen LogP contribution in [0.25, 0.3) is 0 Å². The van der Waals surface area contributed by atoms with Gasteiger partial charge in [0, 0.05) is 12.0 Å². The zero-order valence-electron chi connectivity index (χ0n) is 6.08. The Balaban J connectivity index is 2.41. The van der Waals surface area contributed by atoms with Crippen LogP contribution < -0.4 is 5.32 Å². The van der Waals surface area contributed by atoms with E-state index >= 15 is 0 Å². The Morgan fingerprint density at radius 2 is 2.50 bits per heavy atom. The predicted molar refractivity (Wildman–Crippen MR) is 39.0 cm³/mol. The van der Waals surface area contributed by atoms with Gasteiger partial charge in [-0.3, -0.25) is 0 Å². The summed E-state index contributed by atoms with van der Waals surface area (Å²) in [4.78, 5) is 0. The van der Waals surface area contributed by atoms with Crippen LogP contribution in [0.3, 0.4) is 0 Å². The number of rotatable bonds is 2. The van der Waals surface area contributed by atoms with E-state index in [1.165, 1.54) is 0 Å².